The van der Waals surface area contributed by atoms with Crippen molar-refractivity contribution in [1.29, 1.82) is 0 Å². The van der Waals surface area contributed by atoms with Gasteiger partial charge >= 0.3 is 0 Å². The van der Waals surface area contributed by atoms with Gasteiger partial charge in [0.2, 0.25) is 0 Å². The van der Waals surface area contributed by atoms with Gasteiger partial charge in [0.05, 0.1) is 0 Å². The summed E-state index contributed by atoms with van der Waals surface area (Å²) in [5.74, 6) is 0. The summed E-state index contributed by atoms with van der Waals surface area (Å²) in [7, 11) is 0. The summed E-state index contributed by atoms with van der Waals surface area (Å²) in [5.41, 5.74) is 2.15. The molecule has 2 rings (SSSR count). The molecule has 0 aliphatic carbocycles. The van der Waals surface area contributed by atoms with E-state index in [4.69, 9.17) is 0 Å². The van der Waals surface area contributed by atoms with Crippen LogP contribution in [0.15, 0.2) is 11.6 Å². The van der Waals surface area contributed by atoms with Gasteiger partial charge in [0.25, 0.3) is 0 Å². The van der Waals surface area contributed by atoms with Crippen molar-refractivity contribution in [3.63, 3.8) is 0 Å². The van der Waals surface area contributed by atoms with Crippen LogP contribution in [0.4, 0.5) is 0 Å². The van der Waals surface area contributed by atoms with E-state index >= 15 is 0 Å². The molecule has 2 heteroatoms. The van der Waals surface area contributed by atoms with Crippen molar-refractivity contribution in [2.45, 2.75) is 39.5 Å². The number of nitrogens with one attached hydrogen (secondary N) is 1. The Labute approximate surface area is 100 Å². The standard InChI is InChI=1S/C14H26N2/c1-3-6-14(7-8-15-11-14)12-16-9-4-13(2)5-10-16/h4,15H,3,5-12H2,1-2H3. The first kappa shape index (κ1) is 12.1. The van der Waals surface area contributed by atoms with Gasteiger partial charge in [-0.2, -0.15) is 0 Å². The van der Waals surface area contributed by atoms with Gasteiger partial charge in [0.1, 0.15) is 0 Å². The number of hydrogen-bond donors (Lipinski definition) is 1. The van der Waals surface area contributed by atoms with Gasteiger partial charge in [-0.3, -0.25) is 4.90 Å². The summed E-state index contributed by atoms with van der Waals surface area (Å²) < 4.78 is 0. The van der Waals surface area contributed by atoms with Gasteiger partial charge in [-0.25, -0.2) is 0 Å². The molecular formula is C14H26N2. The van der Waals surface area contributed by atoms with Gasteiger partial charge in [0.15, 0.2) is 0 Å². The Morgan fingerprint density at radius 1 is 1.50 bits per heavy atom. The fraction of sp³-hybridized carbons (Fsp3) is 0.857. The maximum absolute atomic E-state index is 3.55. The van der Waals surface area contributed by atoms with E-state index in [1.807, 2.05) is 0 Å². The highest BCUT2D eigenvalue weighted by molar-refractivity contribution is 5.04. The van der Waals surface area contributed by atoms with E-state index in [0.29, 0.717) is 5.41 Å². The normalized spacial score (nSPS) is 31.8. The molecule has 2 aliphatic heterocycles. The third-order valence-electron chi connectivity index (χ3n) is 4.19. The summed E-state index contributed by atoms with van der Waals surface area (Å²) >= 11 is 0. The third kappa shape index (κ3) is 2.86. The first-order valence-corrected chi connectivity index (χ1v) is 6.83. The molecule has 1 atom stereocenters. The molecule has 0 aromatic heterocycles. The van der Waals surface area contributed by atoms with Crippen LogP contribution in [0, 0.1) is 5.41 Å². The maximum Gasteiger partial charge on any atom is 0.0166 e. The molecular weight excluding hydrogens is 196 g/mol. The molecule has 1 unspecified atom stereocenters. The number of hydrogen-bond acceptors (Lipinski definition) is 2. The molecule has 1 saturated heterocycles. The highest BCUT2D eigenvalue weighted by atomic mass is 15.1. The summed E-state index contributed by atoms with van der Waals surface area (Å²) in [5, 5.41) is 3.55. The van der Waals surface area contributed by atoms with Crippen LogP contribution in [0.1, 0.15) is 39.5 Å². The average Bonchev–Trinajstić information content (AvgIpc) is 2.71. The van der Waals surface area contributed by atoms with E-state index < -0.39 is 0 Å². The lowest BCUT2D eigenvalue weighted by molar-refractivity contribution is 0.160. The summed E-state index contributed by atoms with van der Waals surface area (Å²) in [6.45, 7) is 10.8. The summed E-state index contributed by atoms with van der Waals surface area (Å²) in [6.07, 6.45) is 7.77. The van der Waals surface area contributed by atoms with Gasteiger partial charge in [-0.1, -0.05) is 25.0 Å². The lowest BCUT2D eigenvalue weighted by atomic mass is 9.81. The van der Waals surface area contributed by atoms with Crippen molar-refractivity contribution in [1.82, 2.24) is 10.2 Å². The largest absolute Gasteiger partial charge is 0.316 e. The molecule has 2 aliphatic rings. The SMILES string of the molecule is CCCC1(CN2CC=C(C)CC2)CCNC1. The molecule has 2 heterocycles. The Balaban J connectivity index is 1.91. The molecule has 92 valence electrons. The van der Waals surface area contributed by atoms with Crippen molar-refractivity contribution >= 4 is 0 Å². The van der Waals surface area contributed by atoms with Crippen molar-refractivity contribution in [3.05, 3.63) is 11.6 Å². The molecule has 0 aromatic rings. The molecule has 1 fully saturated rings. The molecule has 0 saturated carbocycles. The predicted molar refractivity (Wildman–Crippen MR) is 69.6 cm³/mol. The molecule has 0 radical (unpaired) electrons. The van der Waals surface area contributed by atoms with E-state index in [-0.39, 0.29) is 0 Å². The van der Waals surface area contributed by atoms with Crippen molar-refractivity contribution in [3.8, 4) is 0 Å². The second kappa shape index (κ2) is 5.33. The molecule has 0 aromatic carbocycles. The number of rotatable bonds is 4. The summed E-state index contributed by atoms with van der Waals surface area (Å²) in [6, 6.07) is 0. The minimum absolute atomic E-state index is 0.577. The summed E-state index contributed by atoms with van der Waals surface area (Å²) in [4.78, 5) is 2.65. The van der Waals surface area contributed by atoms with Crippen molar-refractivity contribution in [2.24, 2.45) is 5.41 Å². The fourth-order valence-electron chi connectivity index (χ4n) is 3.18. The smallest absolute Gasteiger partial charge is 0.0166 e. The van der Waals surface area contributed by atoms with Crippen LogP contribution < -0.4 is 5.32 Å². The Morgan fingerprint density at radius 3 is 2.94 bits per heavy atom. The predicted octanol–water partition coefficient (Wildman–Crippen LogP) is 2.42. The topological polar surface area (TPSA) is 15.3 Å². The second-order valence-corrected chi connectivity index (χ2v) is 5.71. The van der Waals surface area contributed by atoms with Crippen LogP contribution in [0.2, 0.25) is 0 Å². The second-order valence-electron chi connectivity index (χ2n) is 5.71. The highest BCUT2D eigenvalue weighted by Crippen LogP contribution is 2.32. The lowest BCUT2D eigenvalue weighted by Crippen LogP contribution is -2.41. The minimum atomic E-state index is 0.577. The lowest BCUT2D eigenvalue weighted by Gasteiger charge is -2.36. The first-order chi connectivity index (χ1) is 7.74. The highest BCUT2D eigenvalue weighted by Gasteiger charge is 2.34. The quantitative estimate of drug-likeness (QED) is 0.735. The Morgan fingerprint density at radius 2 is 2.38 bits per heavy atom. The van der Waals surface area contributed by atoms with Crippen LogP contribution in [-0.4, -0.2) is 37.6 Å². The third-order valence-corrected chi connectivity index (χ3v) is 4.19. The average molecular weight is 222 g/mol. The zero-order valence-corrected chi connectivity index (χ0v) is 10.9. The maximum atomic E-state index is 3.55. The van der Waals surface area contributed by atoms with E-state index in [1.165, 1.54) is 58.4 Å². The van der Waals surface area contributed by atoms with Crippen molar-refractivity contribution in [2.75, 3.05) is 32.7 Å². The van der Waals surface area contributed by atoms with Gasteiger partial charge in [-0.15, -0.1) is 0 Å². The monoisotopic (exact) mass is 222 g/mol. The van der Waals surface area contributed by atoms with Gasteiger partial charge in [-0.05, 0) is 38.1 Å². The molecule has 0 amide bonds. The Hall–Kier alpha value is -0.340. The fourth-order valence-corrected chi connectivity index (χ4v) is 3.18. The van der Waals surface area contributed by atoms with Crippen molar-refractivity contribution < 1.29 is 0 Å². The van der Waals surface area contributed by atoms with E-state index in [0.717, 1.165) is 0 Å². The molecule has 2 nitrogen and oxygen atoms in total. The first-order valence-electron chi connectivity index (χ1n) is 6.83. The molecule has 1 N–H and O–H groups in total. The molecule has 16 heavy (non-hydrogen) atoms. The number of nitrogens with zero attached hydrogens (tertiary/aromatic N) is 1. The van der Waals surface area contributed by atoms with Gasteiger partial charge < -0.3 is 5.32 Å². The van der Waals surface area contributed by atoms with Crippen LogP contribution in [-0.2, 0) is 0 Å². The zero-order chi connectivity index (χ0) is 11.4. The van der Waals surface area contributed by atoms with Crippen LogP contribution in [0.25, 0.3) is 0 Å². The van der Waals surface area contributed by atoms with Crippen LogP contribution >= 0.6 is 0 Å². The van der Waals surface area contributed by atoms with E-state index in [2.05, 4.69) is 30.1 Å². The van der Waals surface area contributed by atoms with E-state index in [1.54, 1.807) is 5.57 Å². The van der Waals surface area contributed by atoms with E-state index in [9.17, 15) is 0 Å². The Kier molecular flexibility index (Phi) is 4.04. The molecule has 0 bridgehead atoms. The minimum Gasteiger partial charge on any atom is -0.316 e. The van der Waals surface area contributed by atoms with Crippen LogP contribution in [0.5, 0.6) is 0 Å². The van der Waals surface area contributed by atoms with Crippen LogP contribution in [0.3, 0.4) is 0 Å². The Bertz CT molecular complexity index is 251. The molecule has 0 spiro atoms. The van der Waals surface area contributed by atoms with Gasteiger partial charge in [0, 0.05) is 26.2 Å². The zero-order valence-electron chi connectivity index (χ0n) is 10.9.